The van der Waals surface area contributed by atoms with Crippen molar-refractivity contribution >= 4 is 20.6 Å². The summed E-state index contributed by atoms with van der Waals surface area (Å²) in [5.41, 5.74) is 0.152. The van der Waals surface area contributed by atoms with Crippen molar-refractivity contribution in [2.24, 2.45) is 11.3 Å². The Balaban J connectivity index is 4.03. The van der Waals surface area contributed by atoms with Crippen molar-refractivity contribution in [3.05, 3.63) is 0 Å². The average Bonchev–Trinajstić information content (AvgIpc) is 2.21. The highest BCUT2D eigenvalue weighted by Crippen LogP contribution is 2.34. The van der Waals surface area contributed by atoms with Crippen LogP contribution in [0.2, 0.25) is 0 Å². The van der Waals surface area contributed by atoms with Crippen molar-refractivity contribution in [3.8, 4) is 0 Å². The van der Waals surface area contributed by atoms with E-state index in [9.17, 15) is 8.42 Å². The molecule has 0 aliphatic heterocycles. The molecule has 0 rings (SSSR count). The van der Waals surface area contributed by atoms with E-state index < -0.39 is 10.1 Å². The number of hydrogen-bond acceptors (Lipinski definition) is 4. The zero-order valence-corrected chi connectivity index (χ0v) is 15.3. The minimum Gasteiger partial charge on any atom is -0.425 e. The summed E-state index contributed by atoms with van der Waals surface area (Å²) < 4.78 is 32.0. The van der Waals surface area contributed by atoms with Gasteiger partial charge in [0.25, 0.3) is 10.1 Å². The summed E-state index contributed by atoms with van der Waals surface area (Å²) in [7, 11) is -2.56. The normalized spacial score (nSPS) is 15.2. The summed E-state index contributed by atoms with van der Waals surface area (Å²) >= 11 is 0. The van der Waals surface area contributed by atoms with Gasteiger partial charge in [0, 0.05) is 6.10 Å². The molecule has 0 aromatic carbocycles. The second-order valence-corrected chi connectivity index (χ2v) is 7.84. The number of hydrogen-bond donors (Lipinski definition) is 0. The lowest BCUT2D eigenvalue weighted by atomic mass is 9.75. The summed E-state index contributed by atoms with van der Waals surface area (Å²) in [6.45, 7) is 9.15. The molecule has 0 radical (unpaired) electrons. The van der Waals surface area contributed by atoms with Gasteiger partial charge < -0.3 is 4.43 Å². The van der Waals surface area contributed by atoms with Crippen LogP contribution in [-0.4, -0.2) is 37.9 Å². The number of rotatable bonds is 9. The van der Waals surface area contributed by atoms with Gasteiger partial charge >= 0.3 is 0 Å². The molecule has 6 heteroatoms. The Bertz CT molecular complexity index is 325. The Morgan fingerprint density at radius 2 is 1.78 bits per heavy atom. The van der Waals surface area contributed by atoms with Gasteiger partial charge in [0.15, 0.2) is 0 Å². The van der Waals surface area contributed by atoms with Crippen molar-refractivity contribution in [1.29, 1.82) is 0 Å². The van der Waals surface area contributed by atoms with E-state index in [-0.39, 0.29) is 18.1 Å². The second kappa shape index (κ2) is 7.62. The molecule has 0 N–H and O–H groups in total. The molecule has 18 heavy (non-hydrogen) atoms. The molecule has 0 aliphatic rings. The first kappa shape index (κ1) is 18.1. The minimum atomic E-state index is -3.30. The number of unbranched alkanes of at least 4 members (excludes halogenated alkanes) is 1. The van der Waals surface area contributed by atoms with Crippen molar-refractivity contribution < 1.29 is 17.0 Å². The van der Waals surface area contributed by atoms with E-state index in [1.165, 1.54) is 0 Å². The Morgan fingerprint density at radius 3 is 2.17 bits per heavy atom. The van der Waals surface area contributed by atoms with Gasteiger partial charge in [-0.1, -0.05) is 27.7 Å². The van der Waals surface area contributed by atoms with Crippen LogP contribution in [0.5, 0.6) is 0 Å². The molecule has 0 spiro atoms. The van der Waals surface area contributed by atoms with Crippen LogP contribution >= 0.6 is 0 Å². The highest BCUT2D eigenvalue weighted by molar-refractivity contribution is 7.85. The Kier molecular flexibility index (Phi) is 7.66. The first-order chi connectivity index (χ1) is 8.11. The molecule has 110 valence electrons. The Hall–Kier alpha value is 0.0869. The van der Waals surface area contributed by atoms with E-state index in [0.717, 1.165) is 36.0 Å². The van der Waals surface area contributed by atoms with Gasteiger partial charge in [-0.05, 0) is 30.6 Å². The van der Waals surface area contributed by atoms with E-state index in [0.29, 0.717) is 5.92 Å². The van der Waals surface area contributed by atoms with Crippen LogP contribution in [-0.2, 0) is 18.7 Å². The maximum atomic E-state index is 10.8. The molecular formula is C12H28O4SSi. The topological polar surface area (TPSA) is 52.6 Å². The van der Waals surface area contributed by atoms with Crippen molar-refractivity contribution in [2.75, 3.05) is 12.9 Å². The molecule has 0 saturated heterocycles. The molecule has 0 aliphatic carbocycles. The van der Waals surface area contributed by atoms with E-state index >= 15 is 0 Å². The van der Waals surface area contributed by atoms with Crippen LogP contribution in [0, 0.1) is 11.3 Å². The average molecular weight is 297 g/mol. The quantitative estimate of drug-likeness (QED) is 0.367. The third kappa shape index (κ3) is 6.87. The maximum absolute atomic E-state index is 10.8. The summed E-state index contributed by atoms with van der Waals surface area (Å²) in [5, 5.41) is 0. The first-order valence-electron chi connectivity index (χ1n) is 6.48. The third-order valence-corrected chi connectivity index (χ3v) is 4.92. The molecule has 0 fully saturated rings. The predicted octanol–water partition coefficient (Wildman–Crippen LogP) is 1.48. The first-order valence-corrected chi connectivity index (χ1v) is 9.11. The van der Waals surface area contributed by atoms with Crippen LogP contribution in [0.4, 0.5) is 0 Å². The molecular weight excluding hydrogens is 268 g/mol. The van der Waals surface area contributed by atoms with Crippen molar-refractivity contribution in [2.45, 2.75) is 53.1 Å². The lowest BCUT2D eigenvalue weighted by Crippen LogP contribution is -2.36. The molecule has 0 aromatic heterocycles. The van der Waals surface area contributed by atoms with Crippen molar-refractivity contribution in [3.63, 3.8) is 0 Å². The summed E-state index contributed by atoms with van der Waals surface area (Å²) in [4.78, 5) is 0. The van der Waals surface area contributed by atoms with Crippen LogP contribution < -0.4 is 0 Å². The monoisotopic (exact) mass is 296 g/mol. The van der Waals surface area contributed by atoms with Crippen LogP contribution in [0.25, 0.3) is 0 Å². The Labute approximate surface area is 115 Å². The molecule has 0 heterocycles. The molecule has 1 atom stereocenters. The molecule has 0 saturated carbocycles. The molecule has 1 unspecified atom stereocenters. The van der Waals surface area contributed by atoms with Crippen LogP contribution in [0.3, 0.4) is 0 Å². The van der Waals surface area contributed by atoms with Crippen LogP contribution in [0.1, 0.15) is 47.0 Å². The molecule has 0 amide bonds. The summed E-state index contributed by atoms with van der Waals surface area (Å²) in [6.07, 6.45) is 3.98. The van der Waals surface area contributed by atoms with Crippen LogP contribution in [0.15, 0.2) is 0 Å². The van der Waals surface area contributed by atoms with Gasteiger partial charge in [0.05, 0.1) is 12.9 Å². The van der Waals surface area contributed by atoms with E-state index in [2.05, 4.69) is 27.7 Å². The highest BCUT2D eigenvalue weighted by atomic mass is 32.2. The minimum absolute atomic E-state index is 0.152. The molecule has 0 aromatic rings. The summed E-state index contributed by atoms with van der Waals surface area (Å²) in [6, 6.07) is 0. The zero-order valence-electron chi connectivity index (χ0n) is 12.5. The fourth-order valence-corrected chi connectivity index (χ4v) is 3.07. The van der Waals surface area contributed by atoms with E-state index in [4.69, 9.17) is 8.61 Å². The van der Waals surface area contributed by atoms with Gasteiger partial charge in [0.2, 0.25) is 0 Å². The SMILES string of the molecule is CC(C)C(C)(C)C(CCCCOS(C)(=O)=O)O[SiH3]. The van der Waals surface area contributed by atoms with E-state index in [1.807, 2.05) is 0 Å². The van der Waals surface area contributed by atoms with Crippen molar-refractivity contribution in [1.82, 2.24) is 0 Å². The molecule has 4 nitrogen and oxygen atoms in total. The molecule has 0 bridgehead atoms. The summed E-state index contributed by atoms with van der Waals surface area (Å²) in [5.74, 6) is 0.559. The van der Waals surface area contributed by atoms with Gasteiger partial charge in [-0.2, -0.15) is 8.42 Å². The highest BCUT2D eigenvalue weighted by Gasteiger charge is 2.31. The fraction of sp³-hybridized carbons (Fsp3) is 1.00. The zero-order chi connectivity index (χ0) is 14.4. The maximum Gasteiger partial charge on any atom is 0.264 e. The predicted molar refractivity (Wildman–Crippen MR) is 78.1 cm³/mol. The lowest BCUT2D eigenvalue weighted by Gasteiger charge is -2.37. The lowest BCUT2D eigenvalue weighted by molar-refractivity contribution is 0.0353. The fourth-order valence-electron chi connectivity index (χ4n) is 1.81. The Morgan fingerprint density at radius 1 is 1.22 bits per heavy atom. The largest absolute Gasteiger partial charge is 0.425 e. The van der Waals surface area contributed by atoms with Gasteiger partial charge in [-0.3, -0.25) is 4.18 Å². The second-order valence-electron chi connectivity index (χ2n) is 5.72. The van der Waals surface area contributed by atoms with Gasteiger partial charge in [-0.25, -0.2) is 0 Å². The van der Waals surface area contributed by atoms with Gasteiger partial charge in [-0.15, -0.1) is 0 Å². The standard InChI is InChI=1S/C12H28O4SSi/c1-10(2)12(3,4)11(16-18)8-6-7-9-15-17(5,13)14/h10-11H,6-9H2,1-5,18H3. The third-order valence-electron chi connectivity index (χ3n) is 3.76. The smallest absolute Gasteiger partial charge is 0.264 e. The van der Waals surface area contributed by atoms with E-state index in [1.54, 1.807) is 0 Å². The van der Waals surface area contributed by atoms with Gasteiger partial charge in [0.1, 0.15) is 10.5 Å².